The molecule has 0 aliphatic rings. The molecule has 1 heterocycles. The van der Waals surface area contributed by atoms with E-state index < -0.39 is 0 Å². The van der Waals surface area contributed by atoms with E-state index in [4.69, 9.17) is 14.2 Å². The van der Waals surface area contributed by atoms with Gasteiger partial charge in [-0.3, -0.25) is 0 Å². The van der Waals surface area contributed by atoms with Crippen molar-refractivity contribution >= 4 is 5.82 Å². The lowest BCUT2D eigenvalue weighted by Crippen LogP contribution is -2.08. The van der Waals surface area contributed by atoms with Crippen LogP contribution < -0.4 is 5.32 Å². The molecule has 5 nitrogen and oxygen atoms in total. The van der Waals surface area contributed by atoms with Gasteiger partial charge >= 0.3 is 0 Å². The third-order valence-corrected chi connectivity index (χ3v) is 2.12. The second-order valence-electron chi connectivity index (χ2n) is 3.42. The third kappa shape index (κ3) is 6.21. The van der Waals surface area contributed by atoms with Crippen LogP contribution in [0.3, 0.4) is 0 Å². The number of nitrogens with zero attached hydrogens (tertiary/aromatic N) is 1. The molecule has 0 unspecified atom stereocenters. The Kier molecular flexibility index (Phi) is 7.29. The van der Waals surface area contributed by atoms with E-state index in [0.717, 1.165) is 11.5 Å². The minimum absolute atomic E-state index is 0.503. The van der Waals surface area contributed by atoms with Crippen LogP contribution in [0.5, 0.6) is 0 Å². The summed E-state index contributed by atoms with van der Waals surface area (Å²) in [6, 6.07) is 5.80. The van der Waals surface area contributed by atoms with Crippen molar-refractivity contribution in [3.05, 3.63) is 23.9 Å². The third-order valence-electron chi connectivity index (χ3n) is 2.12. The fourth-order valence-electron chi connectivity index (χ4n) is 1.24. The number of methoxy groups -OCH3 is 1. The maximum atomic E-state index is 5.44. The summed E-state index contributed by atoms with van der Waals surface area (Å²) in [5.74, 6) is 0.849. The van der Waals surface area contributed by atoms with Crippen molar-refractivity contribution in [2.45, 2.75) is 6.61 Å². The van der Waals surface area contributed by atoms with Crippen molar-refractivity contribution in [2.75, 3.05) is 45.9 Å². The van der Waals surface area contributed by atoms with Crippen molar-refractivity contribution in [3.8, 4) is 0 Å². The standard InChI is InChI=1S/C12H20N2O3/c1-13-12-5-3-4-11(14-12)10-17-9-8-16-7-6-15-2/h3-5H,6-10H2,1-2H3,(H,13,14). The van der Waals surface area contributed by atoms with Gasteiger partial charge in [0.15, 0.2) is 0 Å². The summed E-state index contributed by atoms with van der Waals surface area (Å²) in [7, 11) is 3.50. The largest absolute Gasteiger partial charge is 0.382 e. The highest BCUT2D eigenvalue weighted by molar-refractivity contribution is 5.33. The molecular weight excluding hydrogens is 220 g/mol. The molecular formula is C12H20N2O3. The fraction of sp³-hybridized carbons (Fsp3) is 0.583. The monoisotopic (exact) mass is 240 g/mol. The Morgan fingerprint density at radius 2 is 1.88 bits per heavy atom. The predicted molar refractivity (Wildman–Crippen MR) is 66.1 cm³/mol. The van der Waals surface area contributed by atoms with Gasteiger partial charge in [-0.25, -0.2) is 4.98 Å². The van der Waals surface area contributed by atoms with Crippen molar-refractivity contribution in [1.29, 1.82) is 0 Å². The van der Waals surface area contributed by atoms with Crippen LogP contribution >= 0.6 is 0 Å². The van der Waals surface area contributed by atoms with Gasteiger partial charge in [-0.2, -0.15) is 0 Å². The molecule has 0 spiro atoms. The highest BCUT2D eigenvalue weighted by Crippen LogP contribution is 2.04. The van der Waals surface area contributed by atoms with Crippen LogP contribution in [-0.4, -0.2) is 45.6 Å². The lowest BCUT2D eigenvalue weighted by Gasteiger charge is -2.06. The second-order valence-corrected chi connectivity index (χ2v) is 3.42. The Labute approximate surface area is 102 Å². The van der Waals surface area contributed by atoms with E-state index in [1.807, 2.05) is 25.2 Å². The average molecular weight is 240 g/mol. The van der Waals surface area contributed by atoms with Crippen LogP contribution in [0.1, 0.15) is 5.69 Å². The number of ether oxygens (including phenoxy) is 3. The Hall–Kier alpha value is -1.17. The molecule has 17 heavy (non-hydrogen) atoms. The van der Waals surface area contributed by atoms with Crippen LogP contribution in [0.2, 0.25) is 0 Å². The van der Waals surface area contributed by atoms with Crippen LogP contribution in [0.15, 0.2) is 18.2 Å². The summed E-state index contributed by atoms with van der Waals surface area (Å²) < 4.78 is 15.6. The zero-order valence-electron chi connectivity index (χ0n) is 10.4. The molecule has 1 aromatic rings. The quantitative estimate of drug-likeness (QED) is 0.659. The molecule has 1 N–H and O–H groups in total. The van der Waals surface area contributed by atoms with Gasteiger partial charge < -0.3 is 19.5 Å². The highest BCUT2D eigenvalue weighted by Gasteiger charge is 1.96. The smallest absolute Gasteiger partial charge is 0.126 e. The SMILES string of the molecule is CNc1cccc(COCCOCCOC)n1. The zero-order valence-corrected chi connectivity index (χ0v) is 10.4. The number of anilines is 1. The van der Waals surface area contributed by atoms with E-state index in [9.17, 15) is 0 Å². The molecule has 0 fully saturated rings. The van der Waals surface area contributed by atoms with Gasteiger partial charge in [0.25, 0.3) is 0 Å². The van der Waals surface area contributed by atoms with Gasteiger partial charge in [-0.1, -0.05) is 6.07 Å². The van der Waals surface area contributed by atoms with Gasteiger partial charge in [-0.15, -0.1) is 0 Å². The molecule has 0 atom stereocenters. The van der Waals surface area contributed by atoms with Crippen LogP contribution in [0, 0.1) is 0 Å². The van der Waals surface area contributed by atoms with Gasteiger partial charge in [0.05, 0.1) is 38.7 Å². The molecule has 1 aromatic heterocycles. The summed E-state index contributed by atoms with van der Waals surface area (Å²) in [6.45, 7) is 2.87. The minimum atomic E-state index is 0.503. The molecule has 0 saturated carbocycles. The Balaban J connectivity index is 2.09. The van der Waals surface area contributed by atoms with E-state index in [0.29, 0.717) is 33.0 Å². The van der Waals surface area contributed by atoms with Gasteiger partial charge in [0.2, 0.25) is 0 Å². The lowest BCUT2D eigenvalue weighted by atomic mass is 10.3. The molecule has 0 bridgehead atoms. The molecule has 0 aliphatic heterocycles. The fourth-order valence-corrected chi connectivity index (χ4v) is 1.24. The second kappa shape index (κ2) is 8.92. The summed E-state index contributed by atoms with van der Waals surface area (Å²) in [6.07, 6.45) is 0. The normalized spacial score (nSPS) is 10.5. The molecule has 5 heteroatoms. The number of nitrogens with one attached hydrogen (secondary N) is 1. The first-order valence-corrected chi connectivity index (χ1v) is 5.65. The van der Waals surface area contributed by atoms with Crippen molar-refractivity contribution < 1.29 is 14.2 Å². The van der Waals surface area contributed by atoms with Gasteiger partial charge in [-0.05, 0) is 12.1 Å². The van der Waals surface area contributed by atoms with Crippen molar-refractivity contribution in [2.24, 2.45) is 0 Å². The number of hydrogen-bond donors (Lipinski definition) is 1. The predicted octanol–water partition coefficient (Wildman–Crippen LogP) is 1.30. The summed E-state index contributed by atoms with van der Waals surface area (Å²) in [4.78, 5) is 4.34. The number of hydrogen-bond acceptors (Lipinski definition) is 5. The van der Waals surface area contributed by atoms with E-state index in [1.54, 1.807) is 7.11 Å². The lowest BCUT2D eigenvalue weighted by molar-refractivity contribution is 0.0192. The average Bonchev–Trinajstić information content (AvgIpc) is 2.38. The van der Waals surface area contributed by atoms with Crippen molar-refractivity contribution in [1.82, 2.24) is 4.98 Å². The number of aromatic nitrogens is 1. The van der Waals surface area contributed by atoms with Crippen LogP contribution in [-0.2, 0) is 20.8 Å². The molecule has 1 rings (SSSR count). The van der Waals surface area contributed by atoms with E-state index >= 15 is 0 Å². The first-order chi connectivity index (χ1) is 8.36. The highest BCUT2D eigenvalue weighted by atomic mass is 16.5. The number of pyridine rings is 1. The van der Waals surface area contributed by atoms with Crippen LogP contribution in [0.4, 0.5) is 5.82 Å². The topological polar surface area (TPSA) is 52.6 Å². The maximum absolute atomic E-state index is 5.44. The van der Waals surface area contributed by atoms with Crippen LogP contribution in [0.25, 0.3) is 0 Å². The van der Waals surface area contributed by atoms with Gasteiger partial charge in [0.1, 0.15) is 5.82 Å². The summed E-state index contributed by atoms with van der Waals surface area (Å²) in [5.41, 5.74) is 0.911. The number of rotatable bonds is 9. The van der Waals surface area contributed by atoms with E-state index in [2.05, 4.69) is 10.3 Å². The van der Waals surface area contributed by atoms with Gasteiger partial charge in [0, 0.05) is 14.2 Å². The minimum Gasteiger partial charge on any atom is -0.382 e. The Morgan fingerprint density at radius 3 is 2.65 bits per heavy atom. The van der Waals surface area contributed by atoms with Crippen molar-refractivity contribution in [3.63, 3.8) is 0 Å². The molecule has 0 aliphatic carbocycles. The molecule has 0 radical (unpaired) electrons. The molecule has 0 amide bonds. The summed E-state index contributed by atoms with van der Waals surface area (Å²) in [5, 5.41) is 2.99. The zero-order chi connectivity index (χ0) is 12.3. The molecule has 0 saturated heterocycles. The summed E-state index contributed by atoms with van der Waals surface area (Å²) >= 11 is 0. The van der Waals surface area contributed by atoms with E-state index in [-0.39, 0.29) is 0 Å². The first-order valence-electron chi connectivity index (χ1n) is 5.65. The molecule has 96 valence electrons. The maximum Gasteiger partial charge on any atom is 0.126 e. The Morgan fingerprint density at radius 1 is 1.12 bits per heavy atom. The molecule has 0 aromatic carbocycles. The Bertz CT molecular complexity index is 308. The first kappa shape index (κ1) is 13.9. The van der Waals surface area contributed by atoms with E-state index in [1.165, 1.54) is 0 Å².